The van der Waals surface area contributed by atoms with Gasteiger partial charge in [-0.2, -0.15) is 0 Å². The van der Waals surface area contributed by atoms with Crippen molar-refractivity contribution in [1.82, 2.24) is 21.3 Å². The number of hydrogen-bond acceptors (Lipinski definition) is 5. The van der Waals surface area contributed by atoms with Crippen molar-refractivity contribution >= 4 is 33.1 Å². The van der Waals surface area contributed by atoms with Crippen LogP contribution >= 0.6 is 0 Å². The first kappa shape index (κ1) is 28.1. The summed E-state index contributed by atoms with van der Waals surface area (Å²) in [5.41, 5.74) is 7.94. The summed E-state index contributed by atoms with van der Waals surface area (Å²) in [5.74, 6) is 0.866. The average Bonchev–Trinajstić information content (AvgIpc) is 3.11. The van der Waals surface area contributed by atoms with Gasteiger partial charge in [-0.05, 0) is 100 Å². The molecule has 3 aliphatic rings. The van der Waals surface area contributed by atoms with Crippen molar-refractivity contribution in [1.29, 1.82) is 0 Å². The normalized spacial score (nSPS) is 22.3. The molecule has 0 fully saturated rings. The van der Waals surface area contributed by atoms with Gasteiger partial charge >= 0.3 is 0 Å². The van der Waals surface area contributed by atoms with E-state index in [1.54, 1.807) is 0 Å². The number of fused-ring (bicyclic) bond motifs is 2. The fourth-order valence-corrected chi connectivity index (χ4v) is 6.62. The van der Waals surface area contributed by atoms with Gasteiger partial charge in [0.2, 0.25) is 0 Å². The number of rotatable bonds is 5. The Morgan fingerprint density at radius 1 is 0.587 bits per heavy atom. The molecule has 4 N–H and O–H groups in total. The van der Waals surface area contributed by atoms with Crippen molar-refractivity contribution in [3.63, 3.8) is 0 Å². The largest absolute Gasteiger partial charge is 0.379 e. The van der Waals surface area contributed by atoms with Crippen LogP contribution in [0.4, 0.5) is 0 Å². The molecular weight excluding hydrogens is 562 g/mol. The Bertz CT molecular complexity index is 2120. The number of allylic oxidation sites excluding steroid dienone is 5. The molecule has 4 atom stereocenters. The quantitative estimate of drug-likeness (QED) is 0.164. The lowest BCUT2D eigenvalue weighted by atomic mass is 9.95. The van der Waals surface area contributed by atoms with Crippen LogP contribution in [0, 0.1) is 0 Å². The van der Waals surface area contributed by atoms with Gasteiger partial charge in [0, 0.05) is 23.0 Å². The lowest BCUT2D eigenvalue weighted by molar-refractivity contribution is 0.409. The molecular formula is C41H37N5. The molecule has 5 nitrogen and oxygen atoms in total. The third-order valence-corrected chi connectivity index (χ3v) is 9.04. The lowest BCUT2D eigenvalue weighted by Crippen LogP contribution is -2.45. The average molecular weight is 600 g/mol. The second kappa shape index (κ2) is 11.8. The first-order valence-corrected chi connectivity index (χ1v) is 16.1. The summed E-state index contributed by atoms with van der Waals surface area (Å²) in [5, 5.41) is 19.8. The molecule has 0 spiro atoms. The van der Waals surface area contributed by atoms with Crippen LogP contribution in [-0.4, -0.2) is 11.9 Å². The molecule has 0 aliphatic carbocycles. The highest BCUT2D eigenvalue weighted by Gasteiger charge is 2.27. The molecule has 5 aromatic carbocycles. The summed E-state index contributed by atoms with van der Waals surface area (Å²) in [6, 6.07) is 37.5. The molecule has 5 heteroatoms. The molecule has 5 aromatic rings. The summed E-state index contributed by atoms with van der Waals surface area (Å²) in [6.07, 6.45) is 12.6. The van der Waals surface area contributed by atoms with Crippen molar-refractivity contribution in [2.75, 3.05) is 0 Å². The summed E-state index contributed by atoms with van der Waals surface area (Å²) in [4.78, 5) is 5.36. The predicted octanol–water partition coefficient (Wildman–Crippen LogP) is 8.32. The van der Waals surface area contributed by atoms with Crippen molar-refractivity contribution in [2.45, 2.75) is 38.3 Å². The van der Waals surface area contributed by atoms with Crippen molar-refractivity contribution < 1.29 is 0 Å². The second-order valence-electron chi connectivity index (χ2n) is 12.4. The van der Waals surface area contributed by atoms with Crippen LogP contribution in [0.25, 0.3) is 27.2 Å². The van der Waals surface area contributed by atoms with E-state index < -0.39 is 0 Å². The maximum absolute atomic E-state index is 5.36. The molecule has 226 valence electrons. The Labute approximate surface area is 270 Å². The first-order chi connectivity index (χ1) is 22.6. The maximum Gasteiger partial charge on any atom is 0.131 e. The Hall–Kier alpha value is -5.39. The zero-order valence-corrected chi connectivity index (χ0v) is 26.0. The number of hydrogen-bond donors (Lipinski definition) is 4. The Morgan fingerprint density at radius 3 is 2.00 bits per heavy atom. The Balaban J connectivity index is 1.25. The van der Waals surface area contributed by atoms with E-state index in [0.29, 0.717) is 0 Å². The number of benzene rings is 5. The van der Waals surface area contributed by atoms with E-state index in [9.17, 15) is 0 Å². The summed E-state index contributed by atoms with van der Waals surface area (Å²) < 4.78 is 0. The monoisotopic (exact) mass is 599 g/mol. The molecule has 8 rings (SSSR count). The minimum absolute atomic E-state index is 0.0655. The summed E-state index contributed by atoms with van der Waals surface area (Å²) in [6.45, 7) is 4.29. The molecule has 0 saturated heterocycles. The van der Waals surface area contributed by atoms with E-state index in [1.165, 1.54) is 32.7 Å². The highest BCUT2D eigenvalue weighted by Crippen LogP contribution is 2.31. The SMILES string of the molecule is CC1=CC=CC(c2cc(C3=CC=CC(C)N3)cc(C3=NC(c4ccc5ccccc5c4)NC(c4ccc5ccccc5c4)N3)c2)N1. The molecule has 0 saturated carbocycles. The first-order valence-electron chi connectivity index (χ1n) is 16.1. The van der Waals surface area contributed by atoms with Gasteiger partial charge in [0.1, 0.15) is 18.2 Å². The smallest absolute Gasteiger partial charge is 0.131 e. The van der Waals surface area contributed by atoms with Crippen LogP contribution in [0.3, 0.4) is 0 Å². The van der Waals surface area contributed by atoms with E-state index in [0.717, 1.165) is 33.9 Å². The fourth-order valence-electron chi connectivity index (χ4n) is 6.62. The van der Waals surface area contributed by atoms with Gasteiger partial charge < -0.3 is 16.0 Å². The minimum atomic E-state index is -0.239. The topological polar surface area (TPSA) is 60.5 Å². The van der Waals surface area contributed by atoms with E-state index in [1.807, 2.05) is 0 Å². The Morgan fingerprint density at radius 2 is 1.26 bits per heavy atom. The van der Waals surface area contributed by atoms with Gasteiger partial charge in [0.15, 0.2) is 0 Å². The molecule has 3 aliphatic heterocycles. The van der Waals surface area contributed by atoms with Gasteiger partial charge in [-0.1, -0.05) is 97.1 Å². The van der Waals surface area contributed by atoms with Crippen LogP contribution in [0.15, 0.2) is 150 Å². The van der Waals surface area contributed by atoms with Crippen LogP contribution in [0.1, 0.15) is 60.0 Å². The van der Waals surface area contributed by atoms with Gasteiger partial charge in [-0.15, -0.1) is 0 Å². The van der Waals surface area contributed by atoms with Crippen molar-refractivity contribution in [3.8, 4) is 0 Å². The number of nitrogens with one attached hydrogen (secondary N) is 4. The zero-order valence-electron chi connectivity index (χ0n) is 26.0. The lowest BCUT2D eigenvalue weighted by Gasteiger charge is -2.33. The van der Waals surface area contributed by atoms with E-state index in [2.05, 4.69) is 175 Å². The molecule has 0 radical (unpaired) electrons. The zero-order chi connectivity index (χ0) is 31.0. The third kappa shape index (κ3) is 5.62. The minimum Gasteiger partial charge on any atom is -0.379 e. The van der Waals surface area contributed by atoms with Gasteiger partial charge in [-0.3, -0.25) is 5.32 Å². The highest BCUT2D eigenvalue weighted by atomic mass is 15.3. The number of nitrogens with zero attached hydrogens (tertiary/aromatic N) is 1. The summed E-state index contributed by atoms with van der Waals surface area (Å²) in [7, 11) is 0. The fraction of sp³-hybridized carbons (Fsp3) is 0.146. The predicted molar refractivity (Wildman–Crippen MR) is 191 cm³/mol. The molecule has 4 unspecified atom stereocenters. The van der Waals surface area contributed by atoms with Crippen LogP contribution in [0.5, 0.6) is 0 Å². The highest BCUT2D eigenvalue weighted by molar-refractivity contribution is 6.00. The van der Waals surface area contributed by atoms with E-state index >= 15 is 0 Å². The van der Waals surface area contributed by atoms with Crippen LogP contribution in [0.2, 0.25) is 0 Å². The van der Waals surface area contributed by atoms with Crippen molar-refractivity contribution in [3.05, 3.63) is 173 Å². The number of amidine groups is 1. The van der Waals surface area contributed by atoms with Crippen LogP contribution in [-0.2, 0) is 0 Å². The van der Waals surface area contributed by atoms with Gasteiger partial charge in [0.25, 0.3) is 0 Å². The van der Waals surface area contributed by atoms with E-state index in [4.69, 9.17) is 4.99 Å². The molecule has 0 aromatic heterocycles. The summed E-state index contributed by atoms with van der Waals surface area (Å²) >= 11 is 0. The standard InChI is InChI=1S/C41H37N5/c1-26-9-7-15-37(42-26)34-23-35(38-16-8-10-27(2)43-38)25-36(24-34)41-45-39(32-19-17-28-11-3-5-13-30(28)21-32)44-40(46-41)33-20-18-29-12-4-6-14-31(29)22-33/h3-26,38-40,42-44H,1-2H3,(H,45,46). The molecule has 0 bridgehead atoms. The molecule has 46 heavy (non-hydrogen) atoms. The third-order valence-electron chi connectivity index (χ3n) is 9.04. The van der Waals surface area contributed by atoms with E-state index in [-0.39, 0.29) is 24.4 Å². The maximum atomic E-state index is 5.36. The molecule has 3 heterocycles. The molecule has 0 amide bonds. The van der Waals surface area contributed by atoms with Gasteiger partial charge in [0.05, 0.1) is 6.04 Å². The Kier molecular flexibility index (Phi) is 7.24. The number of dihydropyridines is 2. The van der Waals surface area contributed by atoms with Gasteiger partial charge in [-0.25, -0.2) is 4.99 Å². The second-order valence-corrected chi connectivity index (χ2v) is 12.4. The number of aliphatic imine (C=N–C) groups is 1. The van der Waals surface area contributed by atoms with Crippen LogP contribution < -0.4 is 21.3 Å². The van der Waals surface area contributed by atoms with Crippen molar-refractivity contribution in [2.24, 2.45) is 4.99 Å².